The lowest BCUT2D eigenvalue weighted by Crippen LogP contribution is -2.35. The standard InChI is InChI=1S/C20H14F2IN7O.C20H16F2N8O.C20H15F2N7O.C13H10F2N6.C8H10N2O2/c2*1-20(2)13-15(23)26-17(27-16(13)28-19(20)31)14-10-6-9(21)7-25-18(10)30(29-14)8-12-11(22)4-3-5-24-12;1-20(2)12-8-24-17(26-16(12)27-19(20)30)15-11-6-10(21)7-25-18(11)29(28-15)9-14-13(22)4-3-5-23-14;14-7-4-8-11(12(16)17)20-21(13(8)19-5-7)6-10-9(15)2-1-3-18-10;1-8(2,7(11)12-4)6(5-9)10-3/h3-7H,8H2,1-2H3,(H,26,27,28,31);3-7H,8H2,1-2H3,(H3,23,26,27,28,31);3-8H,9H2,1-2H3,(H,24,26,27,30);1-5H,6H2,(H3,16,17);6H,1-2,4H3. The summed E-state index contributed by atoms with van der Waals surface area (Å²) in [4.78, 5) is 110. The molecule has 0 spiro atoms. The summed E-state index contributed by atoms with van der Waals surface area (Å²) in [6, 6.07) is 16.9. The van der Waals surface area contributed by atoms with Gasteiger partial charge in [-0.1, -0.05) is 0 Å². The fourth-order valence-corrected chi connectivity index (χ4v) is 14.5. The number of nitrogen functional groups attached to an aromatic ring is 2. The van der Waals surface area contributed by atoms with Crippen molar-refractivity contribution in [2.24, 2.45) is 11.1 Å². The molecule has 1 unspecified atom stereocenters. The molecule has 15 aromatic rings. The summed E-state index contributed by atoms with van der Waals surface area (Å²) in [6.45, 7) is 20.3. The number of nitrogens with zero attached hydrogens (tertiary/aromatic N) is 24. The van der Waals surface area contributed by atoms with Crippen molar-refractivity contribution < 1.29 is 59.0 Å². The molecule has 0 radical (unpaired) electrons. The highest BCUT2D eigenvalue weighted by molar-refractivity contribution is 14.1. The molecular weight excluding hydrogens is 1750 g/mol. The zero-order valence-corrected chi connectivity index (χ0v) is 69.0. The lowest BCUT2D eigenvalue weighted by molar-refractivity contribution is -0.150. The van der Waals surface area contributed by atoms with E-state index >= 15 is 0 Å². The topological polar surface area (TPSA) is 469 Å². The normalized spacial score (nSPS) is 13.8. The molecule has 35 nitrogen and oxygen atoms in total. The summed E-state index contributed by atoms with van der Waals surface area (Å²) >= 11 is 2.05. The molecule has 18 heterocycles. The van der Waals surface area contributed by atoms with Gasteiger partial charge in [-0.15, -0.1) is 0 Å². The van der Waals surface area contributed by atoms with Gasteiger partial charge >= 0.3 is 12.0 Å². The Labute approximate surface area is 714 Å². The molecule has 3 amide bonds. The third kappa shape index (κ3) is 16.7. The summed E-state index contributed by atoms with van der Waals surface area (Å²) in [7, 11) is 1.24. The van der Waals surface area contributed by atoms with Crippen LogP contribution < -0.4 is 27.4 Å². The lowest BCUT2D eigenvalue weighted by Gasteiger charge is -2.17. The van der Waals surface area contributed by atoms with Crippen LogP contribution in [0.3, 0.4) is 0 Å². The zero-order valence-electron chi connectivity index (χ0n) is 66.9. The second kappa shape index (κ2) is 33.9. The molecule has 44 heteroatoms. The van der Waals surface area contributed by atoms with Crippen LogP contribution in [-0.2, 0) is 66.3 Å². The number of amides is 3. The Morgan fingerprint density at radius 3 is 1.27 bits per heavy atom. The largest absolute Gasteiger partial charge is 0.468 e. The van der Waals surface area contributed by atoms with E-state index in [1.165, 1.54) is 137 Å². The molecule has 8 N–H and O–H groups in total. The number of ether oxygens (including phenoxy) is 1. The number of esters is 1. The third-order valence-corrected chi connectivity index (χ3v) is 21.0. The molecule has 15 aromatic heterocycles. The number of carbonyl (C=O) groups excluding carboxylic acids is 4. The van der Waals surface area contributed by atoms with E-state index < -0.39 is 80.2 Å². The first kappa shape index (κ1) is 86.0. The Bertz CT molecular complexity index is 6800. The highest BCUT2D eigenvalue weighted by atomic mass is 127. The number of hydrogen-bond donors (Lipinski definition) is 6. The van der Waals surface area contributed by atoms with Gasteiger partial charge in [-0.2, -0.15) is 25.7 Å². The molecule has 125 heavy (non-hydrogen) atoms. The molecule has 0 fully saturated rings. The number of anilines is 4. The van der Waals surface area contributed by atoms with E-state index in [0.29, 0.717) is 76.2 Å². The number of pyridine rings is 8. The number of carbonyl (C=O) groups is 4. The van der Waals surface area contributed by atoms with Gasteiger partial charge in [-0.3, -0.25) is 49.4 Å². The first-order chi connectivity index (χ1) is 59.4. The Balaban J connectivity index is 0.000000131. The van der Waals surface area contributed by atoms with Gasteiger partial charge < -0.3 is 32.2 Å². The van der Waals surface area contributed by atoms with Crippen LogP contribution >= 0.6 is 22.6 Å². The van der Waals surface area contributed by atoms with Gasteiger partial charge in [0.1, 0.15) is 102 Å². The summed E-state index contributed by atoms with van der Waals surface area (Å²) in [6.07, 6.45) is 11.6. The summed E-state index contributed by atoms with van der Waals surface area (Å²) < 4.78 is 122. The van der Waals surface area contributed by atoms with Crippen molar-refractivity contribution in [2.45, 2.75) is 104 Å². The number of hydrogen-bond acceptors (Lipinski definition) is 26. The van der Waals surface area contributed by atoms with Gasteiger partial charge in [0.2, 0.25) is 17.7 Å². The number of nitriles is 1. The average molecular weight is 1820 g/mol. The van der Waals surface area contributed by atoms with Gasteiger partial charge in [-0.25, -0.2) is 110 Å². The van der Waals surface area contributed by atoms with Gasteiger partial charge in [-0.05, 0) is 151 Å². The molecule has 3 aliphatic heterocycles. The minimum atomic E-state index is -1.05. The van der Waals surface area contributed by atoms with Crippen molar-refractivity contribution in [1.29, 1.82) is 10.7 Å². The van der Waals surface area contributed by atoms with E-state index in [4.69, 9.17) is 28.7 Å². The van der Waals surface area contributed by atoms with Crippen molar-refractivity contribution in [1.82, 2.24) is 109 Å². The van der Waals surface area contributed by atoms with E-state index in [2.05, 4.69) is 116 Å². The van der Waals surface area contributed by atoms with Crippen LogP contribution in [0.2, 0.25) is 0 Å². The van der Waals surface area contributed by atoms with Crippen molar-refractivity contribution >= 4 is 120 Å². The number of aromatic nitrogens is 22. The van der Waals surface area contributed by atoms with E-state index in [1.807, 2.05) is 22.6 Å². The number of halogens is 9. The maximum Gasteiger partial charge on any atom is 0.322 e. The molecule has 0 aliphatic carbocycles. The number of fused-ring (bicyclic) bond motifs is 7. The molecule has 3 aliphatic rings. The van der Waals surface area contributed by atoms with Gasteiger partial charge in [0.25, 0.3) is 0 Å². The van der Waals surface area contributed by atoms with Crippen LogP contribution in [0, 0.1) is 79.0 Å². The molecule has 18 rings (SSSR count). The smallest absolute Gasteiger partial charge is 0.322 e. The number of nitrogens with one attached hydrogen (secondary N) is 4. The summed E-state index contributed by atoms with van der Waals surface area (Å²) in [5.41, 5.74) is 12.8. The quantitative estimate of drug-likeness (QED) is 0.0112. The van der Waals surface area contributed by atoms with Crippen molar-refractivity contribution in [3.8, 4) is 40.6 Å². The maximum absolute atomic E-state index is 14.1. The van der Waals surface area contributed by atoms with Crippen molar-refractivity contribution in [2.75, 3.05) is 28.8 Å². The molecule has 1 atom stereocenters. The molecule has 0 aromatic carbocycles. The Morgan fingerprint density at radius 1 is 0.528 bits per heavy atom. The number of rotatable bonds is 14. The SMILES string of the molecule is CC1(C)C(=O)Nc2nc(-c3nn(Cc4ncccc4F)c4ncc(F)cc34)nc(I)c21.CC1(C)C(=O)Nc2nc(-c3nn(Cc4ncccc4F)c4ncc(F)cc34)nc(N)c21.CC1(C)C(=O)Nc2nc(-c3nn(Cc4ncccc4F)c4ncc(F)cc34)ncc21.N=C(N)c1nn(Cc2ncccc2F)c2ncc(F)cc12.[C-]#[N+]C(C#N)C(C)(C)C(=O)OC. The van der Waals surface area contributed by atoms with Crippen LogP contribution in [0.25, 0.3) is 83.5 Å². The van der Waals surface area contributed by atoms with E-state index in [-0.39, 0.29) is 124 Å². The predicted molar refractivity (Wildman–Crippen MR) is 441 cm³/mol. The second-order valence-corrected chi connectivity index (χ2v) is 31.1. The predicted octanol–water partition coefficient (Wildman–Crippen LogP) is 11.1. The van der Waals surface area contributed by atoms with E-state index in [0.717, 1.165) is 24.8 Å². The molecular formula is C81H65F8IN30O5. The molecule has 0 bridgehead atoms. The monoisotopic (exact) mass is 1820 g/mol. The van der Waals surface area contributed by atoms with Crippen LogP contribution in [0.1, 0.15) is 101 Å². The Hall–Kier alpha value is -15.4. The summed E-state index contributed by atoms with van der Waals surface area (Å²) in [5.74, 6) is -3.99. The van der Waals surface area contributed by atoms with Gasteiger partial charge in [0.15, 0.2) is 51.5 Å². The minimum Gasteiger partial charge on any atom is -0.468 e. The minimum absolute atomic E-state index is 0.00346. The number of nitrogens with two attached hydrogens (primary N) is 2. The van der Waals surface area contributed by atoms with Gasteiger partial charge in [0.05, 0.1) is 124 Å². The van der Waals surface area contributed by atoms with Gasteiger partial charge in [0, 0.05) is 42.1 Å². The van der Waals surface area contributed by atoms with E-state index in [9.17, 15) is 54.3 Å². The first-order valence-electron chi connectivity index (χ1n) is 37.2. The molecule has 0 saturated carbocycles. The van der Waals surface area contributed by atoms with Crippen molar-refractivity contribution in [3.63, 3.8) is 0 Å². The summed E-state index contributed by atoms with van der Waals surface area (Å²) in [5, 5.41) is 43.1. The van der Waals surface area contributed by atoms with Crippen LogP contribution in [0.5, 0.6) is 0 Å². The Kier molecular flexibility index (Phi) is 23.3. The number of methoxy groups -OCH3 is 1. The molecule has 0 saturated heterocycles. The van der Waals surface area contributed by atoms with Crippen LogP contribution in [0.15, 0.2) is 129 Å². The van der Waals surface area contributed by atoms with Crippen LogP contribution in [-0.4, -0.2) is 152 Å². The average Bonchev–Trinajstić information content (AvgIpc) is 1.60. The third-order valence-electron chi connectivity index (χ3n) is 20.2. The first-order valence-corrected chi connectivity index (χ1v) is 38.2. The number of amidine groups is 1. The Morgan fingerprint density at radius 2 is 0.880 bits per heavy atom. The van der Waals surface area contributed by atoms with E-state index in [1.54, 1.807) is 53.8 Å². The fraction of sp³-hybridized carbons (Fsp3) is 0.222. The fourth-order valence-electron chi connectivity index (χ4n) is 13.4. The highest BCUT2D eigenvalue weighted by Gasteiger charge is 2.46. The maximum atomic E-state index is 14.1. The van der Waals surface area contributed by atoms with Crippen LogP contribution in [0.4, 0.5) is 58.4 Å². The van der Waals surface area contributed by atoms with Crippen molar-refractivity contribution in [3.05, 3.63) is 235 Å². The molecule has 632 valence electrons. The second-order valence-electron chi connectivity index (χ2n) is 30.1. The lowest BCUT2D eigenvalue weighted by atomic mass is 9.86. The zero-order chi connectivity index (χ0) is 89.6. The highest BCUT2D eigenvalue weighted by Crippen LogP contribution is 2.44.